The lowest BCUT2D eigenvalue weighted by Gasteiger charge is -2.35. The number of halogens is 1. The number of aryl methyl sites for hydroxylation is 1. The summed E-state index contributed by atoms with van der Waals surface area (Å²) >= 11 is 8.03. The molecule has 4 aromatic carbocycles. The molecule has 0 aliphatic carbocycles. The maximum atomic E-state index is 13.9. The molecular formula is C57H66ClN9O9S2. The van der Waals surface area contributed by atoms with E-state index < -0.39 is 63.3 Å². The van der Waals surface area contributed by atoms with Crippen LogP contribution in [0.1, 0.15) is 90.4 Å². The van der Waals surface area contributed by atoms with Gasteiger partial charge in [0.05, 0.1) is 56.6 Å². The van der Waals surface area contributed by atoms with Gasteiger partial charge in [0.1, 0.15) is 17.8 Å². The van der Waals surface area contributed by atoms with E-state index in [9.17, 15) is 37.5 Å². The predicted molar refractivity (Wildman–Crippen MR) is 301 cm³/mol. The molecule has 5 N–H and O–H groups in total. The Morgan fingerprint density at radius 2 is 1.60 bits per heavy atom. The van der Waals surface area contributed by atoms with Crippen LogP contribution in [0.2, 0.25) is 5.02 Å². The van der Waals surface area contributed by atoms with Gasteiger partial charge in [-0.3, -0.25) is 24.0 Å². The average molecular weight is 1120 g/mol. The molecule has 0 spiro atoms. The fraction of sp³-hybridized carbons (Fsp3) is 0.368. The standard InChI is InChI=1S/C57H66ClN9O9S2/c1-35(62-54(72)47-31-43(69)33-67(47)55(73)53(57(4,5)6)63-37(3)68)45-24-19-41(52-36(2)61-34-77-52)30-48(45)76-28-13-9-12-27-59-49(70)25-26-50(71)66(7)78(74,75)44-22-20-42(21-23-44)64-56-60-32-46(58)51(65-56)40-18-14-17-39(29-40)38-15-10-8-11-16-38/h8,10-11,14-24,29-30,32,34-35,43,47,53,69H,9,12-13,25-28,31,33H2,1-7H3,(H,59,70)(H,62,72)(H,63,68)(H,60,64,65)/t35-,43+,47-,53?/m0/s1. The molecule has 1 aliphatic heterocycles. The minimum Gasteiger partial charge on any atom is -0.493 e. The first-order valence-electron chi connectivity index (χ1n) is 25.7. The van der Waals surface area contributed by atoms with E-state index in [1.165, 1.54) is 53.6 Å². The highest BCUT2D eigenvalue weighted by Gasteiger charge is 2.44. The molecule has 4 atom stereocenters. The van der Waals surface area contributed by atoms with Crippen LogP contribution in [-0.2, 0) is 34.0 Å². The lowest BCUT2D eigenvalue weighted by Crippen LogP contribution is -2.57. The van der Waals surface area contributed by atoms with Crippen LogP contribution in [0.5, 0.6) is 5.75 Å². The van der Waals surface area contributed by atoms with Gasteiger partial charge in [0.15, 0.2) is 0 Å². The van der Waals surface area contributed by atoms with Crippen LogP contribution in [0.4, 0.5) is 11.6 Å². The van der Waals surface area contributed by atoms with Crippen LogP contribution in [-0.4, -0.2) is 112 Å². The molecule has 78 heavy (non-hydrogen) atoms. The maximum Gasteiger partial charge on any atom is 0.266 e. The minimum atomic E-state index is -4.24. The number of anilines is 2. The lowest BCUT2D eigenvalue weighted by atomic mass is 9.85. The first kappa shape index (κ1) is 58.4. The van der Waals surface area contributed by atoms with Crippen LogP contribution in [0.3, 0.4) is 0 Å². The Labute approximate surface area is 464 Å². The average Bonchev–Trinajstić information content (AvgIpc) is 4.08. The van der Waals surface area contributed by atoms with Crippen LogP contribution < -0.4 is 26.0 Å². The first-order valence-corrected chi connectivity index (χ1v) is 28.4. The van der Waals surface area contributed by atoms with E-state index in [2.05, 4.69) is 36.2 Å². The summed E-state index contributed by atoms with van der Waals surface area (Å²) in [5.74, 6) is -1.62. The minimum absolute atomic E-state index is 0.0437. The summed E-state index contributed by atoms with van der Waals surface area (Å²) in [7, 11) is -3.08. The van der Waals surface area contributed by atoms with Crippen molar-refractivity contribution in [1.82, 2.24) is 40.1 Å². The highest BCUT2D eigenvalue weighted by atomic mass is 35.5. The Hall–Kier alpha value is -7.26. The molecule has 1 saturated heterocycles. The van der Waals surface area contributed by atoms with E-state index in [4.69, 9.17) is 16.3 Å². The lowest BCUT2D eigenvalue weighted by molar-refractivity contribution is -0.144. The third-order valence-electron chi connectivity index (χ3n) is 13.2. The molecule has 7 rings (SSSR count). The van der Waals surface area contributed by atoms with Gasteiger partial charge in [-0.1, -0.05) is 93.0 Å². The Kier molecular flexibility index (Phi) is 19.4. The summed E-state index contributed by atoms with van der Waals surface area (Å²) in [6.07, 6.45) is 2.00. The Bertz CT molecular complexity index is 3230. The molecule has 1 aliphatic rings. The second kappa shape index (κ2) is 25.9. The number of β-amino-alcohol motifs (C(OH)–C–C–N with tert-alkyl or cyclic N) is 1. The molecule has 18 nitrogen and oxygen atoms in total. The Balaban J connectivity index is 0.865. The molecule has 2 aromatic heterocycles. The van der Waals surface area contributed by atoms with Gasteiger partial charge in [0, 0.05) is 63.1 Å². The molecule has 3 heterocycles. The van der Waals surface area contributed by atoms with E-state index in [0.717, 1.165) is 39.9 Å². The summed E-state index contributed by atoms with van der Waals surface area (Å²) in [6.45, 7) is 11.1. The number of amides is 5. The molecular weight excluding hydrogens is 1050 g/mol. The van der Waals surface area contributed by atoms with Gasteiger partial charge in [-0.15, -0.1) is 11.3 Å². The van der Waals surface area contributed by atoms with E-state index in [1.54, 1.807) is 5.51 Å². The largest absolute Gasteiger partial charge is 0.493 e. The number of thiazole rings is 1. The quantitative estimate of drug-likeness (QED) is 0.0401. The Morgan fingerprint density at radius 1 is 0.885 bits per heavy atom. The van der Waals surface area contributed by atoms with Gasteiger partial charge >= 0.3 is 0 Å². The van der Waals surface area contributed by atoms with Gasteiger partial charge in [0.2, 0.25) is 35.5 Å². The van der Waals surface area contributed by atoms with Crippen molar-refractivity contribution in [2.45, 2.75) is 109 Å². The van der Waals surface area contributed by atoms with Crippen LogP contribution in [0, 0.1) is 12.3 Å². The number of unbranched alkanes of at least 4 members (excludes halogenated alkanes) is 2. The van der Waals surface area contributed by atoms with Gasteiger partial charge in [-0.25, -0.2) is 27.7 Å². The molecule has 21 heteroatoms. The molecule has 5 amide bonds. The predicted octanol–water partition coefficient (Wildman–Crippen LogP) is 8.62. The zero-order chi connectivity index (χ0) is 56.3. The number of aromatic nitrogens is 3. The van der Waals surface area contributed by atoms with Crippen LogP contribution >= 0.6 is 22.9 Å². The number of rotatable bonds is 22. The number of aliphatic hydroxyl groups excluding tert-OH is 1. The van der Waals surface area contributed by atoms with E-state index >= 15 is 0 Å². The van der Waals surface area contributed by atoms with Gasteiger partial charge in [-0.2, -0.15) is 0 Å². The second-order valence-corrected chi connectivity index (χ2v) is 23.5. The van der Waals surface area contributed by atoms with Crippen molar-refractivity contribution >= 4 is 74.1 Å². The Morgan fingerprint density at radius 3 is 2.29 bits per heavy atom. The van der Waals surface area contributed by atoms with E-state index in [-0.39, 0.29) is 42.6 Å². The molecule has 1 fully saturated rings. The van der Waals surface area contributed by atoms with Crippen molar-refractivity contribution in [1.29, 1.82) is 0 Å². The summed E-state index contributed by atoms with van der Waals surface area (Å²) < 4.78 is 33.9. The normalized spacial score (nSPS) is 15.2. The summed E-state index contributed by atoms with van der Waals surface area (Å²) in [4.78, 5) is 81.1. The molecule has 6 aromatic rings. The fourth-order valence-corrected chi connectivity index (χ4v) is 11.1. The summed E-state index contributed by atoms with van der Waals surface area (Å²) in [6, 6.07) is 26.8. The number of likely N-dealkylation sites (tertiary alicyclic amines) is 1. The smallest absolute Gasteiger partial charge is 0.266 e. The van der Waals surface area contributed by atoms with Gasteiger partial charge in [0.25, 0.3) is 10.0 Å². The highest BCUT2D eigenvalue weighted by Crippen LogP contribution is 2.36. The number of nitrogens with one attached hydrogen (secondary N) is 4. The number of aliphatic hydroxyl groups is 1. The zero-order valence-corrected chi connectivity index (χ0v) is 47.1. The summed E-state index contributed by atoms with van der Waals surface area (Å²) in [5.41, 5.74) is 7.40. The van der Waals surface area contributed by atoms with Gasteiger partial charge < -0.3 is 36.0 Å². The van der Waals surface area contributed by atoms with Gasteiger partial charge in [-0.05, 0) is 91.6 Å². The topological polar surface area (TPSA) is 242 Å². The molecule has 0 radical (unpaired) electrons. The number of nitrogens with zero attached hydrogens (tertiary/aromatic N) is 5. The summed E-state index contributed by atoms with van der Waals surface area (Å²) in [5, 5.41) is 22.6. The number of carbonyl (C=O) groups is 5. The monoisotopic (exact) mass is 1120 g/mol. The van der Waals surface area contributed by atoms with Crippen molar-refractivity contribution < 1.29 is 42.2 Å². The first-order chi connectivity index (χ1) is 37.1. The maximum absolute atomic E-state index is 13.9. The highest BCUT2D eigenvalue weighted by molar-refractivity contribution is 7.89. The van der Waals surface area contributed by atoms with Crippen LogP contribution in [0.15, 0.2) is 114 Å². The molecule has 412 valence electrons. The van der Waals surface area contributed by atoms with E-state index in [0.29, 0.717) is 64.4 Å². The number of hydrogen-bond donors (Lipinski definition) is 5. The zero-order valence-electron chi connectivity index (χ0n) is 44.7. The molecule has 0 saturated carbocycles. The fourth-order valence-electron chi connectivity index (χ4n) is 8.97. The van der Waals surface area contributed by atoms with E-state index in [1.807, 2.05) is 107 Å². The van der Waals surface area contributed by atoms with Crippen molar-refractivity contribution in [3.63, 3.8) is 0 Å². The van der Waals surface area contributed by atoms with Crippen molar-refractivity contribution in [3.8, 4) is 38.6 Å². The molecule has 1 unspecified atom stereocenters. The van der Waals surface area contributed by atoms with Crippen molar-refractivity contribution in [3.05, 3.63) is 125 Å². The van der Waals surface area contributed by atoms with Crippen molar-refractivity contribution in [2.24, 2.45) is 5.41 Å². The second-order valence-electron chi connectivity index (χ2n) is 20.3. The molecule has 0 bridgehead atoms. The number of benzene rings is 4. The van der Waals surface area contributed by atoms with Crippen LogP contribution in [0.25, 0.3) is 32.8 Å². The number of sulfonamides is 1. The van der Waals surface area contributed by atoms with Crippen molar-refractivity contribution in [2.75, 3.05) is 32.1 Å². The number of carbonyl (C=O) groups excluding carboxylic acids is 5. The third kappa shape index (κ3) is 14.9. The SMILES string of the molecule is CC(=O)NC(C(=O)N1C[C@H](O)C[C@H]1C(=O)N[C@@H](C)c1ccc(-c2scnc2C)cc1OCCCCCNC(=O)CCC(=O)N(C)S(=O)(=O)c1ccc(Nc2ncc(Cl)c(-c3cccc(-c4ccccc4)c3)n2)cc1)C(C)(C)C. The third-order valence-corrected chi connectivity index (χ3v) is 16.3. The number of hydrogen-bond acceptors (Lipinski definition) is 14. The number of ether oxygens (including phenoxy) is 1.